The predicted octanol–water partition coefficient (Wildman–Crippen LogP) is 6.19. The molecule has 7 nitrogen and oxygen atoms in total. The molecule has 13 heteroatoms. The SMILES string of the molecule is CSc1nc2c(F)c(Br)c(C(F)(F)F)cc2c2c1nnn2C1CCN(C(=O)OC(C)(C)C)CC1. The van der Waals surface area contributed by atoms with Crippen molar-refractivity contribution in [1.82, 2.24) is 24.9 Å². The fourth-order valence-corrected chi connectivity index (χ4v) is 5.01. The molecule has 4 rings (SSSR count). The highest BCUT2D eigenvalue weighted by atomic mass is 79.9. The normalized spacial score (nSPS) is 16.0. The van der Waals surface area contributed by atoms with E-state index in [0.717, 1.165) is 6.07 Å². The van der Waals surface area contributed by atoms with Crippen molar-refractivity contribution >= 4 is 55.7 Å². The fourth-order valence-electron chi connectivity index (χ4n) is 3.97. The van der Waals surface area contributed by atoms with Crippen molar-refractivity contribution in [3.8, 4) is 0 Å². The second kappa shape index (κ2) is 8.81. The summed E-state index contributed by atoms with van der Waals surface area (Å²) in [5.41, 5.74) is -1.34. The zero-order valence-corrected chi connectivity index (χ0v) is 21.2. The molecule has 2 aromatic heterocycles. The third-order valence-corrected chi connectivity index (χ3v) is 6.95. The van der Waals surface area contributed by atoms with Gasteiger partial charge in [0.2, 0.25) is 0 Å². The number of thioether (sulfide) groups is 1. The molecule has 1 amide bonds. The number of piperidine rings is 1. The lowest BCUT2D eigenvalue weighted by molar-refractivity contribution is -0.138. The van der Waals surface area contributed by atoms with Gasteiger partial charge in [-0.2, -0.15) is 13.2 Å². The Kier molecular flexibility index (Phi) is 6.47. The Morgan fingerprint density at radius 3 is 2.41 bits per heavy atom. The van der Waals surface area contributed by atoms with Crippen LogP contribution in [0.25, 0.3) is 21.9 Å². The van der Waals surface area contributed by atoms with Crippen LogP contribution in [0.4, 0.5) is 22.4 Å². The summed E-state index contributed by atoms with van der Waals surface area (Å²) in [5, 5.41) is 8.74. The van der Waals surface area contributed by atoms with Crippen molar-refractivity contribution in [1.29, 1.82) is 0 Å². The van der Waals surface area contributed by atoms with E-state index in [-0.39, 0.29) is 16.9 Å². The third-order valence-electron chi connectivity index (χ3n) is 5.51. The van der Waals surface area contributed by atoms with Crippen LogP contribution in [-0.4, -0.2) is 55.9 Å². The number of benzene rings is 1. The Balaban J connectivity index is 1.79. The van der Waals surface area contributed by atoms with E-state index in [2.05, 4.69) is 31.2 Å². The summed E-state index contributed by atoms with van der Waals surface area (Å²) in [5.74, 6) is -1.09. The number of alkyl halides is 3. The minimum atomic E-state index is -4.77. The summed E-state index contributed by atoms with van der Waals surface area (Å²) < 4.78 is 62.2. The van der Waals surface area contributed by atoms with Gasteiger partial charge in [-0.25, -0.2) is 18.9 Å². The zero-order chi connectivity index (χ0) is 25.0. The number of fused-ring (bicyclic) bond motifs is 3. The molecule has 1 aromatic carbocycles. The molecular formula is C21H22BrF4N5O2S. The molecule has 0 saturated carbocycles. The Morgan fingerprint density at radius 2 is 1.85 bits per heavy atom. The Bertz CT molecular complexity index is 1270. The van der Waals surface area contributed by atoms with E-state index in [9.17, 15) is 18.0 Å². The summed E-state index contributed by atoms with van der Waals surface area (Å²) in [6.45, 7) is 6.12. The Labute approximate surface area is 205 Å². The Hall–Kier alpha value is -2.15. The van der Waals surface area contributed by atoms with Gasteiger partial charge in [-0.15, -0.1) is 16.9 Å². The van der Waals surface area contributed by atoms with Crippen molar-refractivity contribution in [3.05, 3.63) is 21.9 Å². The number of amides is 1. The van der Waals surface area contributed by atoms with Crippen LogP contribution in [0.2, 0.25) is 0 Å². The van der Waals surface area contributed by atoms with Gasteiger partial charge < -0.3 is 9.64 Å². The molecule has 1 aliphatic heterocycles. The number of pyridine rings is 1. The smallest absolute Gasteiger partial charge is 0.417 e. The van der Waals surface area contributed by atoms with Gasteiger partial charge in [0.1, 0.15) is 27.2 Å². The summed E-state index contributed by atoms with van der Waals surface area (Å²) in [4.78, 5) is 18.2. The van der Waals surface area contributed by atoms with Crippen LogP contribution in [-0.2, 0) is 10.9 Å². The molecule has 0 atom stereocenters. The van der Waals surface area contributed by atoms with E-state index in [0.29, 0.717) is 42.0 Å². The minimum absolute atomic E-state index is 0.0135. The van der Waals surface area contributed by atoms with Gasteiger partial charge in [0, 0.05) is 18.5 Å². The number of carbonyl (C=O) groups is 1. The predicted molar refractivity (Wildman–Crippen MR) is 123 cm³/mol. The van der Waals surface area contributed by atoms with E-state index < -0.39 is 33.7 Å². The first kappa shape index (κ1) is 25.0. The van der Waals surface area contributed by atoms with E-state index in [1.54, 1.807) is 36.6 Å². The second-order valence-corrected chi connectivity index (χ2v) is 10.6. The molecule has 1 aliphatic rings. The van der Waals surface area contributed by atoms with Crippen LogP contribution in [0.15, 0.2) is 15.6 Å². The summed E-state index contributed by atoms with van der Waals surface area (Å²) in [6.07, 6.45) is -2.49. The Morgan fingerprint density at radius 1 is 1.21 bits per heavy atom. The first-order valence-corrected chi connectivity index (χ1v) is 12.5. The molecular weight excluding hydrogens is 542 g/mol. The summed E-state index contributed by atoms with van der Waals surface area (Å²) in [7, 11) is 0. The lowest BCUT2D eigenvalue weighted by Crippen LogP contribution is -2.42. The van der Waals surface area contributed by atoms with Gasteiger partial charge in [0.25, 0.3) is 0 Å². The lowest BCUT2D eigenvalue weighted by atomic mass is 10.0. The maximum absolute atomic E-state index is 15.1. The topological polar surface area (TPSA) is 73.1 Å². The highest BCUT2D eigenvalue weighted by Crippen LogP contribution is 2.42. The lowest BCUT2D eigenvalue weighted by Gasteiger charge is -2.33. The van der Waals surface area contributed by atoms with Gasteiger partial charge in [-0.1, -0.05) is 5.21 Å². The first-order valence-electron chi connectivity index (χ1n) is 10.5. The van der Waals surface area contributed by atoms with Crippen molar-refractivity contribution in [3.63, 3.8) is 0 Å². The quantitative estimate of drug-likeness (QED) is 0.273. The van der Waals surface area contributed by atoms with Gasteiger partial charge in [-0.3, -0.25) is 0 Å². The molecule has 0 aliphatic carbocycles. The van der Waals surface area contributed by atoms with Gasteiger partial charge in [-0.05, 0) is 61.9 Å². The van der Waals surface area contributed by atoms with Crippen LogP contribution in [0.3, 0.4) is 0 Å². The number of hydrogen-bond donors (Lipinski definition) is 0. The van der Waals surface area contributed by atoms with Crippen molar-refractivity contribution in [2.75, 3.05) is 19.3 Å². The van der Waals surface area contributed by atoms with Gasteiger partial charge in [0.15, 0.2) is 5.82 Å². The molecule has 0 N–H and O–H groups in total. The molecule has 0 radical (unpaired) electrons. The van der Waals surface area contributed by atoms with Crippen LogP contribution in [0.1, 0.15) is 45.2 Å². The van der Waals surface area contributed by atoms with E-state index in [4.69, 9.17) is 4.74 Å². The van der Waals surface area contributed by atoms with Gasteiger partial charge in [0.05, 0.1) is 16.1 Å². The molecule has 34 heavy (non-hydrogen) atoms. The molecule has 3 heterocycles. The number of aromatic nitrogens is 4. The van der Waals surface area contributed by atoms with Crippen LogP contribution < -0.4 is 0 Å². The molecule has 0 spiro atoms. The number of carbonyl (C=O) groups excluding carboxylic acids is 1. The first-order chi connectivity index (χ1) is 15.8. The third kappa shape index (κ3) is 4.56. The number of hydrogen-bond acceptors (Lipinski definition) is 6. The average Bonchev–Trinajstić information content (AvgIpc) is 3.19. The van der Waals surface area contributed by atoms with Crippen LogP contribution in [0.5, 0.6) is 0 Å². The number of likely N-dealkylation sites (tertiary alicyclic amines) is 1. The minimum Gasteiger partial charge on any atom is -0.444 e. The average molecular weight is 564 g/mol. The second-order valence-electron chi connectivity index (χ2n) is 9.00. The molecule has 0 unspecified atom stereocenters. The molecule has 0 bridgehead atoms. The fraction of sp³-hybridized carbons (Fsp3) is 0.524. The van der Waals surface area contributed by atoms with Crippen molar-refractivity contribution in [2.24, 2.45) is 0 Å². The monoisotopic (exact) mass is 563 g/mol. The zero-order valence-electron chi connectivity index (χ0n) is 18.8. The number of halogens is 5. The summed E-state index contributed by atoms with van der Waals surface area (Å²) >= 11 is 3.95. The molecule has 1 saturated heterocycles. The van der Waals surface area contributed by atoms with Gasteiger partial charge >= 0.3 is 12.3 Å². The number of ether oxygens (including phenoxy) is 1. The largest absolute Gasteiger partial charge is 0.444 e. The van der Waals surface area contributed by atoms with E-state index in [1.807, 2.05) is 0 Å². The highest BCUT2D eigenvalue weighted by Gasteiger charge is 2.37. The van der Waals surface area contributed by atoms with Crippen LogP contribution in [0, 0.1) is 5.82 Å². The standard InChI is InChI=1S/C21H22BrF4N5O2S/c1-20(2,3)33-19(32)30-7-5-10(6-8-30)31-17-11-9-12(21(24,25)26)13(22)14(23)15(11)27-18(34-4)16(17)28-29-31/h9-10H,5-8H2,1-4H3. The van der Waals surface area contributed by atoms with Crippen LogP contribution >= 0.6 is 27.7 Å². The number of rotatable bonds is 2. The summed E-state index contributed by atoms with van der Waals surface area (Å²) in [6, 6.07) is 0.641. The maximum atomic E-state index is 15.1. The molecule has 3 aromatic rings. The van der Waals surface area contributed by atoms with Crippen molar-refractivity contribution < 1.29 is 27.1 Å². The maximum Gasteiger partial charge on any atom is 0.417 e. The highest BCUT2D eigenvalue weighted by molar-refractivity contribution is 9.10. The number of nitrogens with zero attached hydrogens (tertiary/aromatic N) is 5. The van der Waals surface area contributed by atoms with Crippen molar-refractivity contribution in [2.45, 2.75) is 56.5 Å². The molecule has 1 fully saturated rings. The van der Waals surface area contributed by atoms with E-state index in [1.165, 1.54) is 11.8 Å². The van der Waals surface area contributed by atoms with E-state index >= 15 is 4.39 Å². The molecule has 184 valence electrons.